The van der Waals surface area contributed by atoms with Crippen LogP contribution in [0.25, 0.3) is 0 Å². The number of carbonyl (C=O) groups is 7. The quantitative estimate of drug-likeness (QED) is 0.105. The van der Waals surface area contributed by atoms with Gasteiger partial charge >= 0.3 is 0 Å². The van der Waals surface area contributed by atoms with Crippen molar-refractivity contribution < 1.29 is 43.8 Å². The second kappa shape index (κ2) is 16.9. The highest BCUT2D eigenvalue weighted by atomic mass is 16.3. The average Bonchev–Trinajstić information content (AvgIpc) is 3.39. The maximum absolute atomic E-state index is 13.5. The van der Waals surface area contributed by atoms with Gasteiger partial charge in [-0.1, -0.05) is 6.92 Å². The fraction of sp³-hybridized carbons (Fsp3) is 0.741. The normalized spacial score (nSPS) is 19.3. The van der Waals surface area contributed by atoms with Crippen molar-refractivity contribution in [1.82, 2.24) is 15.5 Å². The molecule has 41 heavy (non-hydrogen) atoms. The van der Waals surface area contributed by atoms with E-state index in [0.717, 1.165) is 0 Å². The Morgan fingerprint density at radius 3 is 2.07 bits per heavy atom. The molecule has 4 amide bonds. The average molecular weight is 584 g/mol. The molecule has 1 heterocycles. The van der Waals surface area contributed by atoms with Crippen molar-refractivity contribution in [3.8, 4) is 0 Å². The standard InChI is InChI=1S/C27H45N5O9/c1-5-17(35)13-30-26(40)18(15(3)33)11-23(37)21-7-6-10-32(21)27(41)19(16(4)34)12-22(36)20(8-9-24(29)38)31-25(39)14(2)28/h14-16,18-21,33-34H,5-13,28H2,1-4H3,(H2,29,38)(H,30,40)(H,31,39)/t14-,15?,16?,18-,19-,20-,21-/m0/s1. The zero-order valence-electron chi connectivity index (χ0n) is 24.3. The lowest BCUT2D eigenvalue weighted by Gasteiger charge is -2.31. The molecule has 14 nitrogen and oxygen atoms in total. The van der Waals surface area contributed by atoms with E-state index in [-0.39, 0.29) is 44.6 Å². The third kappa shape index (κ3) is 11.3. The zero-order valence-corrected chi connectivity index (χ0v) is 24.3. The van der Waals surface area contributed by atoms with Crippen LogP contribution >= 0.6 is 0 Å². The summed E-state index contributed by atoms with van der Waals surface area (Å²) in [5.74, 6) is -6.35. The summed E-state index contributed by atoms with van der Waals surface area (Å²) >= 11 is 0. The van der Waals surface area contributed by atoms with Gasteiger partial charge in [0, 0.05) is 32.2 Å². The molecular formula is C27H45N5O9. The Kier molecular flexibility index (Phi) is 14.8. The van der Waals surface area contributed by atoms with Gasteiger partial charge in [0.2, 0.25) is 23.6 Å². The van der Waals surface area contributed by atoms with Gasteiger partial charge in [-0.3, -0.25) is 33.6 Å². The van der Waals surface area contributed by atoms with Crippen molar-refractivity contribution in [3.63, 3.8) is 0 Å². The minimum absolute atomic E-state index is 0.120. The molecule has 1 aliphatic heterocycles. The Morgan fingerprint density at radius 2 is 1.56 bits per heavy atom. The van der Waals surface area contributed by atoms with Crippen molar-refractivity contribution in [1.29, 1.82) is 0 Å². The topological polar surface area (TPSA) is 239 Å². The minimum Gasteiger partial charge on any atom is -0.393 e. The summed E-state index contributed by atoms with van der Waals surface area (Å²) in [6.07, 6.45) is -2.72. The van der Waals surface area contributed by atoms with Gasteiger partial charge in [-0.2, -0.15) is 0 Å². The van der Waals surface area contributed by atoms with Gasteiger partial charge in [0.05, 0.1) is 48.7 Å². The first kappa shape index (κ1) is 35.8. The number of nitrogens with one attached hydrogen (secondary N) is 2. The van der Waals surface area contributed by atoms with Gasteiger partial charge in [-0.15, -0.1) is 0 Å². The predicted molar refractivity (Wildman–Crippen MR) is 147 cm³/mol. The van der Waals surface area contributed by atoms with E-state index in [9.17, 15) is 43.8 Å². The number of amides is 4. The van der Waals surface area contributed by atoms with Gasteiger partial charge in [0.25, 0.3) is 0 Å². The molecule has 7 atom stereocenters. The van der Waals surface area contributed by atoms with Crippen LogP contribution in [0.3, 0.4) is 0 Å². The summed E-state index contributed by atoms with van der Waals surface area (Å²) in [7, 11) is 0. The van der Waals surface area contributed by atoms with Gasteiger partial charge in [-0.25, -0.2) is 0 Å². The molecule has 2 unspecified atom stereocenters. The van der Waals surface area contributed by atoms with E-state index in [1.807, 2.05) is 0 Å². The second-order valence-electron chi connectivity index (χ2n) is 10.7. The number of aliphatic hydroxyl groups excluding tert-OH is 2. The third-order valence-corrected chi connectivity index (χ3v) is 7.22. The molecule has 1 rings (SSSR count). The van der Waals surface area contributed by atoms with Crippen LogP contribution in [0, 0.1) is 11.8 Å². The first-order valence-corrected chi connectivity index (χ1v) is 14.0. The molecule has 0 radical (unpaired) electrons. The summed E-state index contributed by atoms with van der Waals surface area (Å²) in [5, 5.41) is 25.4. The number of rotatable bonds is 18. The molecule has 0 aromatic rings. The zero-order chi connectivity index (χ0) is 31.4. The molecule has 0 spiro atoms. The van der Waals surface area contributed by atoms with Gasteiger partial charge in [0.1, 0.15) is 0 Å². The number of hydrogen-bond donors (Lipinski definition) is 6. The first-order chi connectivity index (χ1) is 19.1. The number of primary amides is 1. The van der Waals surface area contributed by atoms with Gasteiger partial charge in [-0.05, 0) is 40.0 Å². The van der Waals surface area contributed by atoms with Crippen LogP contribution in [0.1, 0.15) is 72.6 Å². The summed E-state index contributed by atoms with van der Waals surface area (Å²) in [5.41, 5.74) is 10.8. The molecule has 1 aliphatic rings. The van der Waals surface area contributed by atoms with Crippen LogP contribution in [0.5, 0.6) is 0 Å². The predicted octanol–water partition coefficient (Wildman–Crippen LogP) is -1.92. The Hall–Kier alpha value is -3.23. The number of nitrogens with two attached hydrogens (primary N) is 2. The van der Waals surface area contributed by atoms with E-state index in [4.69, 9.17) is 11.5 Å². The lowest BCUT2D eigenvalue weighted by atomic mass is 9.89. The van der Waals surface area contributed by atoms with E-state index < -0.39 is 83.8 Å². The molecule has 8 N–H and O–H groups in total. The van der Waals surface area contributed by atoms with Gasteiger partial charge in [0.15, 0.2) is 17.3 Å². The molecule has 0 saturated carbocycles. The molecule has 0 aliphatic carbocycles. The molecular weight excluding hydrogens is 538 g/mol. The third-order valence-electron chi connectivity index (χ3n) is 7.22. The van der Waals surface area contributed by atoms with E-state index in [1.165, 1.54) is 25.7 Å². The molecule has 0 aromatic heterocycles. The van der Waals surface area contributed by atoms with Crippen LogP contribution < -0.4 is 22.1 Å². The summed E-state index contributed by atoms with van der Waals surface area (Å²) in [6, 6.07) is -3.05. The number of hydrogen-bond acceptors (Lipinski definition) is 10. The second-order valence-corrected chi connectivity index (χ2v) is 10.7. The largest absolute Gasteiger partial charge is 0.393 e. The summed E-state index contributed by atoms with van der Waals surface area (Å²) < 4.78 is 0. The number of ketones is 3. The van der Waals surface area contributed by atoms with Crippen LogP contribution in [0.4, 0.5) is 0 Å². The van der Waals surface area contributed by atoms with Crippen LogP contribution in [0.15, 0.2) is 0 Å². The highest BCUT2D eigenvalue weighted by Gasteiger charge is 2.41. The van der Waals surface area contributed by atoms with E-state index in [1.54, 1.807) is 6.92 Å². The lowest BCUT2D eigenvalue weighted by molar-refractivity contribution is -0.146. The highest BCUT2D eigenvalue weighted by molar-refractivity contribution is 5.97. The lowest BCUT2D eigenvalue weighted by Crippen LogP contribution is -2.50. The Bertz CT molecular complexity index is 982. The van der Waals surface area contributed by atoms with E-state index in [2.05, 4.69) is 10.6 Å². The summed E-state index contributed by atoms with van der Waals surface area (Å²) in [6.45, 7) is 5.68. The maximum Gasteiger partial charge on any atom is 0.237 e. The molecule has 0 bridgehead atoms. The van der Waals surface area contributed by atoms with Crippen LogP contribution in [-0.4, -0.2) is 99.5 Å². The first-order valence-electron chi connectivity index (χ1n) is 14.0. The van der Waals surface area contributed by atoms with Crippen molar-refractivity contribution in [2.24, 2.45) is 23.3 Å². The number of aliphatic hydroxyl groups is 2. The fourth-order valence-corrected chi connectivity index (χ4v) is 4.58. The van der Waals surface area contributed by atoms with E-state index >= 15 is 0 Å². The van der Waals surface area contributed by atoms with Gasteiger partial charge < -0.3 is 37.2 Å². The van der Waals surface area contributed by atoms with Crippen molar-refractivity contribution in [3.05, 3.63) is 0 Å². The minimum atomic E-state index is -1.30. The fourth-order valence-electron chi connectivity index (χ4n) is 4.58. The Balaban J connectivity index is 3.05. The molecule has 1 saturated heterocycles. The number of Topliss-reactive ketones (excluding diaryl/α,β-unsaturated/α-hetero) is 3. The van der Waals surface area contributed by atoms with Crippen LogP contribution in [0.2, 0.25) is 0 Å². The maximum atomic E-state index is 13.5. The number of likely N-dealkylation sites (tertiary alicyclic amines) is 1. The Morgan fingerprint density at radius 1 is 0.951 bits per heavy atom. The monoisotopic (exact) mass is 583 g/mol. The molecule has 1 fully saturated rings. The highest BCUT2D eigenvalue weighted by Crippen LogP contribution is 2.26. The molecule has 232 valence electrons. The summed E-state index contributed by atoms with van der Waals surface area (Å²) in [4.78, 5) is 88.7. The van der Waals surface area contributed by atoms with Crippen molar-refractivity contribution in [2.75, 3.05) is 13.1 Å². The molecule has 14 heteroatoms. The van der Waals surface area contributed by atoms with Crippen LogP contribution in [-0.2, 0) is 33.6 Å². The van der Waals surface area contributed by atoms with Crippen molar-refractivity contribution in [2.45, 2.75) is 103 Å². The SMILES string of the molecule is CCC(=O)CNC(=O)[C@@H](CC(=O)[C@@H]1CCCN1C(=O)[C@@H](CC(=O)[C@H](CCC(N)=O)NC(=O)[C@H](C)N)C(C)O)C(C)O. The van der Waals surface area contributed by atoms with E-state index in [0.29, 0.717) is 12.8 Å². The van der Waals surface area contributed by atoms with Crippen molar-refractivity contribution >= 4 is 41.0 Å². The Labute approximate surface area is 239 Å². The molecule has 0 aromatic carbocycles. The number of nitrogens with zero attached hydrogens (tertiary/aromatic N) is 1. The smallest absolute Gasteiger partial charge is 0.237 e. The number of carbonyl (C=O) groups excluding carboxylic acids is 7.